The minimum Gasteiger partial charge on any atom is -0.342 e. The first kappa shape index (κ1) is 21.0. The molecule has 156 valence electrons. The molecule has 2 aliphatic heterocycles. The highest BCUT2D eigenvalue weighted by Crippen LogP contribution is 2.33. The number of anilines is 1. The van der Waals surface area contributed by atoms with Crippen LogP contribution in [-0.4, -0.2) is 61.6 Å². The Kier molecular flexibility index (Phi) is 6.27. The van der Waals surface area contributed by atoms with Crippen LogP contribution in [0.25, 0.3) is 0 Å². The first-order valence-electron chi connectivity index (χ1n) is 10.3. The molecule has 7 nitrogen and oxygen atoms in total. The third-order valence-electron chi connectivity index (χ3n) is 5.80. The van der Waals surface area contributed by atoms with Crippen LogP contribution in [-0.2, 0) is 14.6 Å². The van der Waals surface area contributed by atoms with Gasteiger partial charge in [0, 0.05) is 44.3 Å². The van der Waals surface area contributed by atoms with E-state index in [2.05, 4.69) is 16.8 Å². The summed E-state index contributed by atoms with van der Waals surface area (Å²) in [6.07, 6.45) is 6.46. The lowest BCUT2D eigenvalue weighted by atomic mass is 9.92. The molecule has 1 atom stereocenters. The topological polar surface area (TPSA) is 83.5 Å². The van der Waals surface area contributed by atoms with Crippen molar-refractivity contribution >= 4 is 21.7 Å². The van der Waals surface area contributed by atoms with Gasteiger partial charge in [0.15, 0.2) is 9.84 Å². The van der Waals surface area contributed by atoms with Gasteiger partial charge in [-0.2, -0.15) is 0 Å². The Labute approximate surface area is 168 Å². The molecule has 1 amide bonds. The average molecular weight is 409 g/mol. The van der Waals surface area contributed by atoms with E-state index in [1.807, 2.05) is 18.7 Å². The van der Waals surface area contributed by atoms with Crippen molar-refractivity contribution in [2.75, 3.05) is 37.3 Å². The number of piperidine rings is 2. The molecule has 1 aromatic rings. The Morgan fingerprint density at radius 1 is 1.18 bits per heavy atom. The first-order chi connectivity index (χ1) is 13.2. The molecule has 0 N–H and O–H groups in total. The Bertz CT molecular complexity index is 817. The second-order valence-corrected chi connectivity index (χ2v) is 10.6. The van der Waals surface area contributed by atoms with Crippen molar-refractivity contribution in [1.82, 2.24) is 14.9 Å². The fraction of sp³-hybridized carbons (Fsp3) is 0.750. The summed E-state index contributed by atoms with van der Waals surface area (Å²) in [5, 5.41) is 0. The fourth-order valence-electron chi connectivity index (χ4n) is 4.21. The summed E-state index contributed by atoms with van der Waals surface area (Å²) in [5.74, 6) is 1.39. The van der Waals surface area contributed by atoms with E-state index < -0.39 is 9.84 Å². The number of likely N-dealkylation sites (tertiary alicyclic amines) is 1. The molecule has 0 unspecified atom stereocenters. The van der Waals surface area contributed by atoms with Gasteiger partial charge >= 0.3 is 0 Å². The minimum absolute atomic E-state index is 0.0186. The zero-order valence-corrected chi connectivity index (χ0v) is 18.2. The molecule has 3 rings (SSSR count). The van der Waals surface area contributed by atoms with Gasteiger partial charge in [0.05, 0.1) is 11.9 Å². The number of hydrogen-bond acceptors (Lipinski definition) is 6. The highest BCUT2D eigenvalue weighted by molar-refractivity contribution is 7.90. The highest BCUT2D eigenvalue weighted by atomic mass is 32.2. The summed E-state index contributed by atoms with van der Waals surface area (Å²) in [6.45, 7) is 9.14. The van der Waals surface area contributed by atoms with Crippen molar-refractivity contribution in [2.24, 2.45) is 11.8 Å². The summed E-state index contributed by atoms with van der Waals surface area (Å²) >= 11 is 0. The first-order valence-corrected chi connectivity index (χ1v) is 12.2. The lowest BCUT2D eigenvalue weighted by Crippen LogP contribution is -2.40. The maximum absolute atomic E-state index is 12.3. The van der Waals surface area contributed by atoms with E-state index in [1.165, 1.54) is 18.9 Å². The maximum atomic E-state index is 12.3. The predicted molar refractivity (Wildman–Crippen MR) is 109 cm³/mol. The van der Waals surface area contributed by atoms with Crippen LogP contribution in [0.3, 0.4) is 0 Å². The number of nitrogens with zero attached hydrogens (tertiary/aromatic N) is 4. The normalized spacial score (nSPS) is 22.0. The highest BCUT2D eigenvalue weighted by Gasteiger charge is 2.30. The molecule has 2 saturated heterocycles. The van der Waals surface area contributed by atoms with E-state index in [1.54, 1.807) is 0 Å². The molecule has 0 saturated carbocycles. The number of rotatable bonds is 4. The quantitative estimate of drug-likeness (QED) is 0.761. The van der Waals surface area contributed by atoms with Gasteiger partial charge in [-0.3, -0.25) is 4.79 Å². The third kappa shape index (κ3) is 4.64. The number of carbonyl (C=O) groups is 1. The number of aromatic nitrogens is 2. The lowest BCUT2D eigenvalue weighted by molar-refractivity contribution is -0.135. The summed E-state index contributed by atoms with van der Waals surface area (Å²) in [5.41, 5.74) is 0.627. The largest absolute Gasteiger partial charge is 0.342 e. The van der Waals surface area contributed by atoms with E-state index in [0.29, 0.717) is 30.6 Å². The molecule has 3 heterocycles. The van der Waals surface area contributed by atoms with E-state index >= 15 is 0 Å². The van der Waals surface area contributed by atoms with Crippen molar-refractivity contribution in [3.63, 3.8) is 0 Å². The van der Waals surface area contributed by atoms with Crippen LogP contribution in [0.5, 0.6) is 0 Å². The summed E-state index contributed by atoms with van der Waals surface area (Å²) in [7, 11) is -3.41. The molecule has 2 fully saturated rings. The number of amides is 1. The van der Waals surface area contributed by atoms with E-state index in [9.17, 15) is 13.2 Å². The Morgan fingerprint density at radius 2 is 1.86 bits per heavy atom. The molecule has 2 aliphatic rings. The summed E-state index contributed by atoms with van der Waals surface area (Å²) in [4.78, 5) is 25.7. The van der Waals surface area contributed by atoms with Crippen molar-refractivity contribution < 1.29 is 13.2 Å². The van der Waals surface area contributed by atoms with E-state index in [0.717, 1.165) is 32.4 Å². The molecule has 0 aromatic carbocycles. The molecule has 8 heteroatoms. The Morgan fingerprint density at radius 3 is 2.43 bits per heavy atom. The van der Waals surface area contributed by atoms with Gasteiger partial charge in [-0.05, 0) is 31.6 Å². The van der Waals surface area contributed by atoms with Crippen LogP contribution in [0.15, 0.2) is 11.1 Å². The second-order valence-electron chi connectivity index (χ2n) is 8.64. The van der Waals surface area contributed by atoms with Gasteiger partial charge < -0.3 is 9.80 Å². The van der Waals surface area contributed by atoms with Crippen LogP contribution in [0.4, 0.5) is 5.95 Å². The lowest BCUT2D eigenvalue weighted by Gasteiger charge is -2.34. The molecule has 28 heavy (non-hydrogen) atoms. The number of hydrogen-bond donors (Lipinski definition) is 0. The molecule has 1 aromatic heterocycles. The molecule has 0 radical (unpaired) electrons. The zero-order chi connectivity index (χ0) is 20.5. The van der Waals surface area contributed by atoms with Crippen LogP contribution < -0.4 is 4.90 Å². The standard InChI is InChI=1S/C20H32N4O3S/c1-14(2)19(25)23-10-7-16(8-11-23)18-17(28(4,26)27)12-21-20(22-18)24-9-5-6-15(3)13-24/h12,14-16H,5-11,13H2,1-4H3/t15-/m0/s1. The molecular weight excluding hydrogens is 376 g/mol. The van der Waals surface area contributed by atoms with Gasteiger partial charge in [-0.15, -0.1) is 0 Å². The van der Waals surface area contributed by atoms with Gasteiger partial charge in [0.2, 0.25) is 11.9 Å². The molecule has 0 aliphatic carbocycles. The van der Waals surface area contributed by atoms with E-state index in [4.69, 9.17) is 4.98 Å². The average Bonchev–Trinajstić information content (AvgIpc) is 2.66. The molecule has 0 bridgehead atoms. The molecular formula is C20H32N4O3S. The van der Waals surface area contributed by atoms with Gasteiger partial charge in [-0.25, -0.2) is 18.4 Å². The second kappa shape index (κ2) is 8.35. The zero-order valence-electron chi connectivity index (χ0n) is 17.4. The van der Waals surface area contributed by atoms with Gasteiger partial charge in [0.1, 0.15) is 4.90 Å². The number of sulfone groups is 1. The SMILES string of the molecule is CC(C)C(=O)N1CCC(c2nc(N3CCC[C@H](C)C3)ncc2S(C)(=O)=O)CC1. The van der Waals surface area contributed by atoms with Crippen molar-refractivity contribution in [2.45, 2.75) is 57.3 Å². The van der Waals surface area contributed by atoms with Crippen molar-refractivity contribution in [1.29, 1.82) is 0 Å². The maximum Gasteiger partial charge on any atom is 0.225 e. The van der Waals surface area contributed by atoms with Crippen molar-refractivity contribution in [3.8, 4) is 0 Å². The predicted octanol–water partition coefficient (Wildman–Crippen LogP) is 2.48. The van der Waals surface area contributed by atoms with Gasteiger partial charge in [0.25, 0.3) is 0 Å². The van der Waals surface area contributed by atoms with Crippen LogP contribution >= 0.6 is 0 Å². The number of carbonyl (C=O) groups excluding carboxylic acids is 1. The molecule has 0 spiro atoms. The fourth-order valence-corrected chi connectivity index (χ4v) is 5.05. The van der Waals surface area contributed by atoms with Crippen LogP contribution in [0.1, 0.15) is 58.1 Å². The monoisotopic (exact) mass is 408 g/mol. The van der Waals surface area contributed by atoms with Crippen molar-refractivity contribution in [3.05, 3.63) is 11.9 Å². The van der Waals surface area contributed by atoms with E-state index in [-0.39, 0.29) is 22.6 Å². The summed E-state index contributed by atoms with van der Waals surface area (Å²) < 4.78 is 24.7. The Balaban J connectivity index is 1.86. The summed E-state index contributed by atoms with van der Waals surface area (Å²) in [6, 6.07) is 0. The minimum atomic E-state index is -3.41. The van der Waals surface area contributed by atoms with Gasteiger partial charge in [-0.1, -0.05) is 20.8 Å². The van der Waals surface area contributed by atoms with Crippen LogP contribution in [0.2, 0.25) is 0 Å². The smallest absolute Gasteiger partial charge is 0.225 e. The Hall–Kier alpha value is -1.70. The van der Waals surface area contributed by atoms with Crippen LogP contribution in [0, 0.1) is 11.8 Å². The third-order valence-corrected chi connectivity index (χ3v) is 6.91.